The van der Waals surface area contributed by atoms with Gasteiger partial charge < -0.3 is 10.1 Å². The third kappa shape index (κ3) is 2.92. The maximum absolute atomic E-state index is 13.1. The lowest BCUT2D eigenvalue weighted by Crippen LogP contribution is -2.53. The van der Waals surface area contributed by atoms with Gasteiger partial charge >= 0.3 is 0 Å². The molecule has 1 amide bonds. The van der Waals surface area contributed by atoms with E-state index in [1.165, 1.54) is 0 Å². The van der Waals surface area contributed by atoms with Crippen LogP contribution in [-0.4, -0.2) is 37.1 Å². The van der Waals surface area contributed by atoms with Gasteiger partial charge in [-0.2, -0.15) is 5.10 Å². The topological polar surface area (TPSA) is 86.9 Å². The molecule has 8 nitrogen and oxygen atoms in total. The molecule has 1 aliphatic heterocycles. The summed E-state index contributed by atoms with van der Waals surface area (Å²) in [5, 5.41) is 16.1. The van der Waals surface area contributed by atoms with Crippen LogP contribution in [0.1, 0.15) is 62.2 Å². The standard InChI is InChI=1S/C18H28N6O2/c1-7-23-13(5)14(12(4)22-23)8-19-17(25)18(6)10-26-9-15-20-21-16(11(2)3)24(15)18/h11H,7-10H2,1-6H3,(H,19,25). The zero-order chi connectivity index (χ0) is 19.1. The SMILES string of the molecule is CCn1nc(C)c(CNC(=O)C2(C)COCc3nnc(C(C)C)n32)c1C. The summed E-state index contributed by atoms with van der Waals surface area (Å²) in [7, 11) is 0. The van der Waals surface area contributed by atoms with Crippen molar-refractivity contribution in [3.8, 4) is 0 Å². The lowest BCUT2D eigenvalue weighted by Gasteiger charge is -2.35. The highest BCUT2D eigenvalue weighted by Gasteiger charge is 2.42. The van der Waals surface area contributed by atoms with Crippen molar-refractivity contribution in [3.63, 3.8) is 0 Å². The van der Waals surface area contributed by atoms with Crippen LogP contribution in [-0.2, 0) is 34.8 Å². The fraction of sp³-hybridized carbons (Fsp3) is 0.667. The molecule has 1 atom stereocenters. The Morgan fingerprint density at radius 2 is 2.08 bits per heavy atom. The third-order valence-electron chi connectivity index (χ3n) is 5.13. The zero-order valence-corrected chi connectivity index (χ0v) is 16.5. The van der Waals surface area contributed by atoms with E-state index < -0.39 is 5.54 Å². The van der Waals surface area contributed by atoms with Crippen LogP contribution >= 0.6 is 0 Å². The Bertz CT molecular complexity index is 822. The summed E-state index contributed by atoms with van der Waals surface area (Å²) >= 11 is 0. The number of aromatic nitrogens is 5. The molecule has 3 rings (SSSR count). The van der Waals surface area contributed by atoms with Crippen LogP contribution < -0.4 is 5.32 Å². The van der Waals surface area contributed by atoms with Crippen LogP contribution in [0.15, 0.2) is 0 Å². The first-order valence-corrected chi connectivity index (χ1v) is 9.13. The van der Waals surface area contributed by atoms with E-state index in [0.717, 1.165) is 29.3 Å². The summed E-state index contributed by atoms with van der Waals surface area (Å²) < 4.78 is 9.55. The smallest absolute Gasteiger partial charge is 0.248 e. The zero-order valence-electron chi connectivity index (χ0n) is 16.5. The quantitative estimate of drug-likeness (QED) is 0.878. The molecule has 1 aliphatic rings. The van der Waals surface area contributed by atoms with Crippen LogP contribution in [0.5, 0.6) is 0 Å². The van der Waals surface area contributed by atoms with Crippen LogP contribution in [0, 0.1) is 13.8 Å². The fourth-order valence-corrected chi connectivity index (χ4v) is 3.56. The van der Waals surface area contributed by atoms with Gasteiger partial charge in [-0.1, -0.05) is 13.8 Å². The number of nitrogens with zero attached hydrogens (tertiary/aromatic N) is 5. The second-order valence-corrected chi connectivity index (χ2v) is 7.38. The first-order valence-electron chi connectivity index (χ1n) is 9.13. The van der Waals surface area contributed by atoms with E-state index in [-0.39, 0.29) is 11.8 Å². The summed E-state index contributed by atoms with van der Waals surface area (Å²) in [6.45, 7) is 14.0. The number of rotatable bonds is 5. The van der Waals surface area contributed by atoms with Gasteiger partial charge in [-0.3, -0.25) is 14.0 Å². The van der Waals surface area contributed by atoms with Crippen molar-refractivity contribution in [1.82, 2.24) is 29.9 Å². The molecule has 1 unspecified atom stereocenters. The van der Waals surface area contributed by atoms with Crippen molar-refractivity contribution in [2.45, 2.75) is 72.7 Å². The van der Waals surface area contributed by atoms with Crippen molar-refractivity contribution in [1.29, 1.82) is 0 Å². The molecule has 0 radical (unpaired) electrons. The molecule has 0 fully saturated rings. The summed E-state index contributed by atoms with van der Waals surface area (Å²) in [4.78, 5) is 13.1. The number of hydrogen-bond donors (Lipinski definition) is 1. The molecule has 0 saturated heterocycles. The molecule has 3 heterocycles. The van der Waals surface area contributed by atoms with E-state index in [9.17, 15) is 4.79 Å². The number of amides is 1. The lowest BCUT2D eigenvalue weighted by atomic mass is 9.98. The van der Waals surface area contributed by atoms with Gasteiger partial charge in [0.1, 0.15) is 18.0 Å². The minimum Gasteiger partial charge on any atom is -0.370 e. The van der Waals surface area contributed by atoms with E-state index >= 15 is 0 Å². The van der Waals surface area contributed by atoms with Gasteiger partial charge in [0.2, 0.25) is 5.91 Å². The summed E-state index contributed by atoms with van der Waals surface area (Å²) in [6, 6.07) is 0. The van der Waals surface area contributed by atoms with Gasteiger partial charge in [0.15, 0.2) is 5.82 Å². The molecular weight excluding hydrogens is 332 g/mol. The first kappa shape index (κ1) is 18.6. The Hall–Kier alpha value is -2.22. The Morgan fingerprint density at radius 3 is 2.69 bits per heavy atom. The minimum absolute atomic E-state index is 0.0943. The van der Waals surface area contributed by atoms with Crippen molar-refractivity contribution in [2.75, 3.05) is 6.61 Å². The molecule has 0 bridgehead atoms. The fourth-order valence-electron chi connectivity index (χ4n) is 3.56. The summed E-state index contributed by atoms with van der Waals surface area (Å²) in [6.07, 6.45) is 0. The van der Waals surface area contributed by atoms with Crippen LogP contribution in [0.2, 0.25) is 0 Å². The number of fused-ring (bicyclic) bond motifs is 1. The Morgan fingerprint density at radius 1 is 1.35 bits per heavy atom. The van der Waals surface area contributed by atoms with E-state index in [0.29, 0.717) is 25.6 Å². The highest BCUT2D eigenvalue weighted by atomic mass is 16.5. The van der Waals surface area contributed by atoms with Gasteiger partial charge in [-0.25, -0.2) is 0 Å². The maximum atomic E-state index is 13.1. The molecule has 26 heavy (non-hydrogen) atoms. The molecule has 0 aromatic carbocycles. The molecule has 8 heteroatoms. The van der Waals surface area contributed by atoms with Gasteiger partial charge in [-0.15, -0.1) is 10.2 Å². The highest BCUT2D eigenvalue weighted by Crippen LogP contribution is 2.29. The van der Waals surface area contributed by atoms with Crippen molar-refractivity contribution >= 4 is 5.91 Å². The maximum Gasteiger partial charge on any atom is 0.248 e. The predicted molar refractivity (Wildman–Crippen MR) is 96.6 cm³/mol. The lowest BCUT2D eigenvalue weighted by molar-refractivity contribution is -0.135. The average Bonchev–Trinajstić information content (AvgIpc) is 3.15. The molecule has 0 aliphatic carbocycles. The van der Waals surface area contributed by atoms with Gasteiger partial charge in [0, 0.05) is 30.3 Å². The minimum atomic E-state index is -0.862. The van der Waals surface area contributed by atoms with Gasteiger partial charge in [-0.05, 0) is 27.7 Å². The van der Waals surface area contributed by atoms with E-state index in [1.807, 2.05) is 30.0 Å². The largest absolute Gasteiger partial charge is 0.370 e. The Balaban J connectivity index is 1.85. The van der Waals surface area contributed by atoms with Crippen molar-refractivity contribution in [2.24, 2.45) is 0 Å². The number of nitrogens with one attached hydrogen (secondary N) is 1. The number of carbonyl (C=O) groups is 1. The first-order chi connectivity index (χ1) is 12.3. The predicted octanol–water partition coefficient (Wildman–Crippen LogP) is 1.80. The second kappa shape index (κ2) is 6.83. The van der Waals surface area contributed by atoms with Gasteiger partial charge in [0.25, 0.3) is 0 Å². The molecule has 1 N–H and O–H groups in total. The molecule has 2 aromatic heterocycles. The third-order valence-corrected chi connectivity index (χ3v) is 5.13. The number of ether oxygens (including phenoxy) is 1. The average molecular weight is 360 g/mol. The van der Waals surface area contributed by atoms with Crippen LogP contribution in [0.3, 0.4) is 0 Å². The monoisotopic (exact) mass is 360 g/mol. The van der Waals surface area contributed by atoms with Gasteiger partial charge in [0.05, 0.1) is 12.3 Å². The number of hydrogen-bond acceptors (Lipinski definition) is 5. The van der Waals surface area contributed by atoms with Crippen molar-refractivity contribution in [3.05, 3.63) is 28.6 Å². The number of aryl methyl sites for hydroxylation is 2. The summed E-state index contributed by atoms with van der Waals surface area (Å²) in [5.41, 5.74) is 2.23. The molecular formula is C18H28N6O2. The normalized spacial score (nSPS) is 19.7. The number of carbonyl (C=O) groups excluding carboxylic acids is 1. The molecule has 0 spiro atoms. The highest BCUT2D eigenvalue weighted by molar-refractivity contribution is 5.84. The second-order valence-electron chi connectivity index (χ2n) is 7.38. The van der Waals surface area contributed by atoms with E-state index in [2.05, 4.69) is 41.4 Å². The van der Waals surface area contributed by atoms with E-state index in [1.54, 1.807) is 0 Å². The van der Waals surface area contributed by atoms with E-state index in [4.69, 9.17) is 4.74 Å². The molecule has 2 aromatic rings. The molecule has 0 saturated carbocycles. The Labute approximate surface area is 153 Å². The van der Waals surface area contributed by atoms with Crippen molar-refractivity contribution < 1.29 is 9.53 Å². The van der Waals surface area contributed by atoms with Crippen LogP contribution in [0.25, 0.3) is 0 Å². The molecule has 142 valence electrons. The summed E-state index contributed by atoms with van der Waals surface area (Å²) in [5.74, 6) is 1.59. The Kier molecular flexibility index (Phi) is 4.88. The van der Waals surface area contributed by atoms with Crippen LogP contribution in [0.4, 0.5) is 0 Å².